The lowest BCUT2D eigenvalue weighted by molar-refractivity contribution is -0.385. The van der Waals surface area contributed by atoms with Crippen molar-refractivity contribution in [3.63, 3.8) is 0 Å². The molecule has 0 aliphatic carbocycles. The normalized spacial score (nSPS) is 17.8. The fraction of sp³-hybridized carbons (Fsp3) is 0.389. The van der Waals surface area contributed by atoms with Crippen LogP contribution in [0.5, 0.6) is 0 Å². The van der Waals surface area contributed by atoms with Crippen LogP contribution in [0.2, 0.25) is 0 Å². The fourth-order valence-corrected chi connectivity index (χ4v) is 4.85. The van der Waals surface area contributed by atoms with Crippen LogP contribution >= 0.6 is 0 Å². The van der Waals surface area contributed by atoms with Crippen molar-refractivity contribution < 1.29 is 40.0 Å². The first-order chi connectivity index (χ1) is 15.8. The van der Waals surface area contributed by atoms with E-state index in [-0.39, 0.29) is 12.4 Å². The van der Waals surface area contributed by atoms with Crippen LogP contribution in [0.15, 0.2) is 23.1 Å². The number of hydrogen-bond acceptors (Lipinski definition) is 9. The van der Waals surface area contributed by atoms with Gasteiger partial charge in [-0.25, -0.2) is 27.2 Å². The van der Waals surface area contributed by atoms with E-state index in [0.717, 1.165) is 17.9 Å². The molecule has 1 aromatic heterocycles. The van der Waals surface area contributed by atoms with Crippen LogP contribution in [0.4, 0.5) is 33.5 Å². The molecule has 0 radical (unpaired) electrons. The van der Waals surface area contributed by atoms with Gasteiger partial charge in [0.1, 0.15) is 22.4 Å². The van der Waals surface area contributed by atoms with Gasteiger partial charge in [-0.1, -0.05) is 6.07 Å². The van der Waals surface area contributed by atoms with Crippen LogP contribution in [-0.4, -0.2) is 55.3 Å². The summed E-state index contributed by atoms with van der Waals surface area (Å²) < 4.78 is 98.5. The summed E-state index contributed by atoms with van der Waals surface area (Å²) in [4.78, 5) is 17.5. The predicted octanol–water partition coefficient (Wildman–Crippen LogP) is 2.78. The molecule has 10 nitrogen and oxygen atoms in total. The molecule has 1 unspecified atom stereocenters. The van der Waals surface area contributed by atoms with E-state index in [1.54, 1.807) is 0 Å². The van der Waals surface area contributed by atoms with E-state index in [2.05, 4.69) is 14.7 Å². The summed E-state index contributed by atoms with van der Waals surface area (Å²) in [6, 6.07) is 3.35. The molecule has 16 heteroatoms. The monoisotopic (exact) mass is 507 g/mol. The van der Waals surface area contributed by atoms with Crippen LogP contribution in [0.3, 0.4) is 0 Å². The summed E-state index contributed by atoms with van der Waals surface area (Å²) >= 11 is 0. The number of anilines is 1. The number of ether oxygens (including phenoxy) is 1. The number of aromatic nitrogens is 2. The summed E-state index contributed by atoms with van der Waals surface area (Å²) in [6.45, 7) is -0.523. The molecule has 34 heavy (non-hydrogen) atoms. The van der Waals surface area contributed by atoms with Gasteiger partial charge < -0.3 is 9.64 Å². The van der Waals surface area contributed by atoms with Crippen molar-refractivity contribution in [1.29, 1.82) is 5.26 Å². The Kier molecular flexibility index (Phi) is 6.71. The number of aryl methyl sites for hydroxylation is 1. The zero-order chi connectivity index (χ0) is 25.4. The molecule has 1 aliphatic rings. The third kappa shape index (κ3) is 4.61. The van der Waals surface area contributed by atoms with E-state index in [9.17, 15) is 45.7 Å². The number of morpholine rings is 1. The molecule has 0 amide bonds. The highest BCUT2D eigenvalue weighted by Crippen LogP contribution is 2.40. The maximum Gasteiger partial charge on any atom is 0.416 e. The van der Waals surface area contributed by atoms with E-state index in [1.165, 1.54) is 6.07 Å². The van der Waals surface area contributed by atoms with E-state index in [0.29, 0.717) is 12.1 Å². The Morgan fingerprint density at radius 2 is 1.91 bits per heavy atom. The first kappa shape index (κ1) is 25.2. The van der Waals surface area contributed by atoms with E-state index >= 15 is 0 Å². The molecule has 1 aromatic carbocycles. The van der Waals surface area contributed by atoms with Gasteiger partial charge in [0.05, 0.1) is 24.1 Å². The Labute approximate surface area is 188 Å². The van der Waals surface area contributed by atoms with Gasteiger partial charge in [0.15, 0.2) is 11.8 Å². The Balaban J connectivity index is 2.22. The molecule has 182 valence electrons. The minimum atomic E-state index is -5.25. The van der Waals surface area contributed by atoms with E-state index < -0.39 is 79.2 Å². The van der Waals surface area contributed by atoms with Crippen molar-refractivity contribution >= 4 is 21.3 Å². The zero-order valence-corrected chi connectivity index (χ0v) is 17.9. The molecule has 3 rings (SSSR count). The first-order valence-corrected chi connectivity index (χ1v) is 10.9. The molecular weight excluding hydrogens is 493 g/mol. The molecule has 0 N–H and O–H groups in total. The molecule has 0 bridgehead atoms. The van der Waals surface area contributed by atoms with Gasteiger partial charge >= 0.3 is 11.9 Å². The molecule has 1 fully saturated rings. The van der Waals surface area contributed by atoms with Crippen molar-refractivity contribution in [3.05, 3.63) is 51.5 Å². The summed E-state index contributed by atoms with van der Waals surface area (Å²) in [5.74, 6) is -4.10. The number of nitriles is 1. The van der Waals surface area contributed by atoms with Crippen LogP contribution < -0.4 is 4.90 Å². The number of nitro groups is 1. The Morgan fingerprint density at radius 3 is 2.44 bits per heavy atom. The molecule has 1 saturated heterocycles. The second-order valence-corrected chi connectivity index (χ2v) is 9.01. The smallest absolute Gasteiger partial charge is 0.365 e. The summed E-state index contributed by atoms with van der Waals surface area (Å²) in [6.07, 6.45) is -7.12. The Hall–Kier alpha value is -3.45. The lowest BCUT2D eigenvalue weighted by atomic mass is 10.2. The SMILES string of the molecule is Cc1nc(C(C#N)S(=O)(=O)c2c(F)cccc2F)c([N+](=O)[O-])c(N2CCO[C@@H](C(F)(F)F)C2)n1. The average Bonchev–Trinajstić information content (AvgIpc) is 2.72. The van der Waals surface area contributed by atoms with Crippen LogP contribution in [-0.2, 0) is 14.6 Å². The highest BCUT2D eigenvalue weighted by Gasteiger charge is 2.46. The second kappa shape index (κ2) is 9.06. The Morgan fingerprint density at radius 1 is 1.29 bits per heavy atom. The number of hydrogen-bond donors (Lipinski definition) is 0. The topological polar surface area (TPSA) is 139 Å². The average molecular weight is 507 g/mol. The van der Waals surface area contributed by atoms with Crippen LogP contribution in [0.25, 0.3) is 0 Å². The van der Waals surface area contributed by atoms with Gasteiger partial charge in [-0.3, -0.25) is 10.1 Å². The number of halogens is 5. The van der Waals surface area contributed by atoms with E-state index in [4.69, 9.17) is 0 Å². The minimum Gasteiger partial charge on any atom is -0.365 e. The highest BCUT2D eigenvalue weighted by atomic mass is 32.2. The maximum atomic E-state index is 14.2. The zero-order valence-electron chi connectivity index (χ0n) is 17.1. The summed E-state index contributed by atoms with van der Waals surface area (Å²) in [5.41, 5.74) is -2.21. The molecule has 0 spiro atoms. The first-order valence-electron chi connectivity index (χ1n) is 9.32. The number of rotatable bonds is 5. The molecule has 2 atom stereocenters. The number of sulfone groups is 1. The molecule has 2 aromatic rings. The van der Waals surface area contributed by atoms with Crippen LogP contribution in [0, 0.1) is 40.0 Å². The standard InChI is InChI=1S/C18H14F5N5O5S/c1-9-25-14(12(7-24)34(31,32)16-10(19)3-2-4-11(16)20)15(28(29)30)17(26-9)27-5-6-33-13(8-27)18(21,22)23/h2-4,12-13H,5-6,8H2,1H3/t12?,13-/m1/s1. The van der Waals surface area contributed by atoms with E-state index in [1.807, 2.05) is 0 Å². The maximum absolute atomic E-state index is 14.2. The lowest BCUT2D eigenvalue weighted by Gasteiger charge is -2.34. The molecular formula is C18H14F5N5O5S. The van der Waals surface area contributed by atoms with Gasteiger partial charge in [-0.05, 0) is 19.1 Å². The third-order valence-corrected chi connectivity index (χ3v) is 6.71. The second-order valence-electron chi connectivity index (χ2n) is 7.04. The largest absolute Gasteiger partial charge is 0.416 e. The number of nitrogens with zero attached hydrogens (tertiary/aromatic N) is 5. The van der Waals surface area contributed by atoms with Gasteiger partial charge in [0.25, 0.3) is 0 Å². The van der Waals surface area contributed by atoms with Crippen molar-refractivity contribution in [2.45, 2.75) is 29.3 Å². The van der Waals surface area contributed by atoms with Gasteiger partial charge in [0.2, 0.25) is 20.9 Å². The quantitative estimate of drug-likeness (QED) is 0.339. The Bertz CT molecular complexity index is 1260. The number of benzene rings is 1. The molecule has 2 heterocycles. The highest BCUT2D eigenvalue weighted by molar-refractivity contribution is 7.92. The summed E-state index contributed by atoms with van der Waals surface area (Å²) in [7, 11) is -5.25. The van der Waals surface area contributed by atoms with Crippen molar-refractivity contribution in [2.75, 3.05) is 24.6 Å². The van der Waals surface area contributed by atoms with Crippen molar-refractivity contribution in [3.8, 4) is 6.07 Å². The van der Waals surface area contributed by atoms with Crippen molar-refractivity contribution in [1.82, 2.24) is 9.97 Å². The minimum absolute atomic E-state index is 0.283. The summed E-state index contributed by atoms with van der Waals surface area (Å²) in [5, 5.41) is 18.9. The third-order valence-electron chi connectivity index (χ3n) is 4.80. The lowest BCUT2D eigenvalue weighted by Crippen LogP contribution is -2.49. The van der Waals surface area contributed by atoms with Gasteiger partial charge in [-0.15, -0.1) is 0 Å². The molecule has 1 aliphatic heterocycles. The van der Waals surface area contributed by atoms with Crippen molar-refractivity contribution in [2.24, 2.45) is 0 Å². The van der Waals surface area contributed by atoms with Crippen LogP contribution in [0.1, 0.15) is 16.8 Å². The number of alkyl halides is 3. The molecule has 0 saturated carbocycles. The van der Waals surface area contributed by atoms with Gasteiger partial charge in [-0.2, -0.15) is 18.4 Å². The fourth-order valence-electron chi connectivity index (χ4n) is 3.34. The predicted molar refractivity (Wildman–Crippen MR) is 103 cm³/mol. The van der Waals surface area contributed by atoms with Gasteiger partial charge in [0, 0.05) is 6.54 Å².